The molecule has 2 atom stereocenters. The molecule has 1 heterocycles. The lowest BCUT2D eigenvalue weighted by molar-refractivity contribution is -0.125. The number of aromatic nitrogens is 1. The van der Waals surface area contributed by atoms with Gasteiger partial charge in [0.1, 0.15) is 5.54 Å². The van der Waals surface area contributed by atoms with Crippen LogP contribution in [0.1, 0.15) is 55.7 Å². The van der Waals surface area contributed by atoms with Crippen LogP contribution in [0.15, 0.2) is 18.2 Å². The van der Waals surface area contributed by atoms with E-state index < -0.39 is 24.0 Å². The molecule has 0 saturated carbocycles. The van der Waals surface area contributed by atoms with Gasteiger partial charge in [0.15, 0.2) is 6.61 Å². The molecule has 2 N–H and O–H groups in total. The molecule has 0 saturated heterocycles. The number of nitrogens with zero attached hydrogens (tertiary/aromatic N) is 1. The molecule has 1 amide bonds. The number of aryl methyl sites for hydroxylation is 1. The predicted octanol–water partition coefficient (Wildman–Crippen LogP) is 3.50. The van der Waals surface area contributed by atoms with Gasteiger partial charge in [-0.25, -0.2) is 4.79 Å². The van der Waals surface area contributed by atoms with Crippen molar-refractivity contribution in [3.8, 4) is 6.07 Å². The molecular weight excluding hydrogens is 354 g/mol. The fraction of sp³-hybridized carbons (Fsp3) is 0.500. The van der Waals surface area contributed by atoms with Crippen molar-refractivity contribution in [2.75, 3.05) is 6.61 Å². The minimum atomic E-state index is -0.997. The van der Waals surface area contributed by atoms with Gasteiger partial charge >= 0.3 is 5.97 Å². The summed E-state index contributed by atoms with van der Waals surface area (Å²) in [7, 11) is 0. The van der Waals surface area contributed by atoms with Crippen LogP contribution in [0.3, 0.4) is 0 Å². The number of benzene rings is 1. The Labute approximate surface area is 165 Å². The maximum Gasteiger partial charge on any atom is 0.338 e. The van der Waals surface area contributed by atoms with E-state index in [0.29, 0.717) is 11.5 Å². The monoisotopic (exact) mass is 381 g/mol. The number of esters is 1. The molecule has 6 nitrogen and oxygen atoms in total. The summed E-state index contributed by atoms with van der Waals surface area (Å²) in [4.78, 5) is 28.0. The van der Waals surface area contributed by atoms with Gasteiger partial charge in [-0.1, -0.05) is 20.8 Å². The first-order valence-corrected chi connectivity index (χ1v) is 9.76. The van der Waals surface area contributed by atoms with Gasteiger partial charge in [0.05, 0.1) is 11.6 Å². The van der Waals surface area contributed by atoms with Gasteiger partial charge in [0.25, 0.3) is 5.91 Å². The highest BCUT2D eigenvalue weighted by molar-refractivity contribution is 5.97. The third-order valence-corrected chi connectivity index (χ3v) is 5.79. The number of rotatable bonds is 5. The first-order valence-electron chi connectivity index (χ1n) is 9.76. The van der Waals surface area contributed by atoms with Crippen LogP contribution in [0.2, 0.25) is 0 Å². The Bertz CT molecular complexity index is 954. The second-order valence-corrected chi connectivity index (χ2v) is 8.28. The molecule has 3 rings (SSSR count). The number of aromatic amines is 1. The number of ether oxygens (including phenoxy) is 1. The zero-order valence-electron chi connectivity index (χ0n) is 16.9. The van der Waals surface area contributed by atoms with E-state index in [0.717, 1.165) is 23.7 Å². The Balaban J connectivity index is 1.69. The zero-order valence-corrected chi connectivity index (χ0v) is 16.9. The molecule has 28 heavy (non-hydrogen) atoms. The van der Waals surface area contributed by atoms with Crippen molar-refractivity contribution in [2.24, 2.45) is 11.8 Å². The van der Waals surface area contributed by atoms with Crippen molar-refractivity contribution in [3.63, 3.8) is 0 Å². The molecule has 0 unspecified atom stereocenters. The molecule has 1 aliphatic carbocycles. The Hall–Kier alpha value is -2.81. The largest absolute Gasteiger partial charge is 0.452 e. The van der Waals surface area contributed by atoms with Crippen molar-refractivity contribution in [1.82, 2.24) is 10.3 Å². The lowest BCUT2D eigenvalue weighted by atomic mass is 9.87. The number of fused-ring (bicyclic) bond motifs is 3. The SMILES string of the molecule is CC(C)[C@@](C)(C#N)NC(=O)COC(=O)c1ccc2[nH]c3c(c2c1)C[C@H](C)CC3. The number of amides is 1. The predicted molar refractivity (Wildman–Crippen MR) is 107 cm³/mol. The van der Waals surface area contributed by atoms with Crippen LogP contribution in [-0.4, -0.2) is 29.0 Å². The number of H-pyrrole nitrogens is 1. The highest BCUT2D eigenvalue weighted by atomic mass is 16.5. The highest BCUT2D eigenvalue weighted by Gasteiger charge is 2.30. The topological polar surface area (TPSA) is 95.0 Å². The third kappa shape index (κ3) is 3.89. The standard InChI is InChI=1S/C22H27N3O3/c1-13(2)22(4,12-23)25-20(26)11-28-21(27)15-6-8-19-17(10-15)16-9-14(3)5-7-18(16)24-19/h6,8,10,13-14,24H,5,7,9,11H2,1-4H3,(H,25,26)/t14-,22-/m1/s1. The van der Waals surface area contributed by atoms with Crippen LogP contribution in [0.25, 0.3) is 10.9 Å². The lowest BCUT2D eigenvalue weighted by Crippen LogP contribution is -2.50. The maximum absolute atomic E-state index is 12.4. The van der Waals surface area contributed by atoms with E-state index in [-0.39, 0.29) is 5.92 Å². The van der Waals surface area contributed by atoms with Crippen molar-refractivity contribution in [2.45, 2.75) is 52.5 Å². The number of nitrogens with one attached hydrogen (secondary N) is 2. The summed E-state index contributed by atoms with van der Waals surface area (Å²) in [5, 5.41) is 13.0. The first kappa shape index (κ1) is 19.9. The van der Waals surface area contributed by atoms with Gasteiger partial charge < -0.3 is 15.0 Å². The molecule has 6 heteroatoms. The molecule has 0 fully saturated rings. The van der Waals surface area contributed by atoms with E-state index in [9.17, 15) is 14.9 Å². The fourth-order valence-electron chi connectivity index (χ4n) is 3.56. The maximum atomic E-state index is 12.4. The third-order valence-electron chi connectivity index (χ3n) is 5.79. The van der Waals surface area contributed by atoms with E-state index in [2.05, 4.69) is 23.3 Å². The second-order valence-electron chi connectivity index (χ2n) is 8.28. The van der Waals surface area contributed by atoms with Crippen LogP contribution in [0.5, 0.6) is 0 Å². The zero-order chi connectivity index (χ0) is 20.5. The van der Waals surface area contributed by atoms with Crippen molar-refractivity contribution >= 4 is 22.8 Å². The van der Waals surface area contributed by atoms with Crippen molar-refractivity contribution < 1.29 is 14.3 Å². The average Bonchev–Trinajstić information content (AvgIpc) is 3.02. The average molecular weight is 381 g/mol. The summed E-state index contributed by atoms with van der Waals surface area (Å²) < 4.78 is 5.18. The molecule has 0 aliphatic heterocycles. The van der Waals surface area contributed by atoms with Gasteiger partial charge in [-0.3, -0.25) is 4.79 Å². The molecule has 1 aromatic heterocycles. The number of hydrogen-bond donors (Lipinski definition) is 2. The molecule has 0 radical (unpaired) electrons. The van der Waals surface area contributed by atoms with Crippen molar-refractivity contribution in [3.05, 3.63) is 35.0 Å². The summed E-state index contributed by atoms with van der Waals surface area (Å²) in [6, 6.07) is 7.54. The van der Waals surface area contributed by atoms with Crippen LogP contribution in [-0.2, 0) is 22.4 Å². The molecule has 0 bridgehead atoms. The minimum Gasteiger partial charge on any atom is -0.452 e. The van der Waals surface area contributed by atoms with Crippen LogP contribution in [0, 0.1) is 23.2 Å². The van der Waals surface area contributed by atoms with Gasteiger partial charge in [0, 0.05) is 16.6 Å². The summed E-state index contributed by atoms with van der Waals surface area (Å²) in [6.45, 7) is 7.18. The Morgan fingerprint density at radius 2 is 2.18 bits per heavy atom. The van der Waals surface area contributed by atoms with E-state index in [1.807, 2.05) is 26.0 Å². The summed E-state index contributed by atoms with van der Waals surface area (Å²) in [5.74, 6) is -0.470. The molecule has 1 aliphatic rings. The summed E-state index contributed by atoms with van der Waals surface area (Å²) >= 11 is 0. The van der Waals surface area contributed by atoms with Gasteiger partial charge in [-0.2, -0.15) is 5.26 Å². The first-order chi connectivity index (χ1) is 13.2. The number of nitriles is 1. The molecular formula is C22H27N3O3. The van der Waals surface area contributed by atoms with E-state index >= 15 is 0 Å². The molecule has 148 valence electrons. The smallest absolute Gasteiger partial charge is 0.338 e. The van der Waals surface area contributed by atoms with Gasteiger partial charge in [0.2, 0.25) is 0 Å². The number of carbonyl (C=O) groups is 2. The lowest BCUT2D eigenvalue weighted by Gasteiger charge is -2.27. The van der Waals surface area contributed by atoms with Crippen LogP contribution in [0.4, 0.5) is 0 Å². The van der Waals surface area contributed by atoms with Gasteiger partial charge in [-0.15, -0.1) is 0 Å². The number of carbonyl (C=O) groups excluding carboxylic acids is 2. The molecule has 1 aromatic carbocycles. The van der Waals surface area contributed by atoms with E-state index in [1.165, 1.54) is 17.7 Å². The molecule has 0 spiro atoms. The normalized spacial score (nSPS) is 18.2. The Kier molecular flexibility index (Phi) is 5.46. The summed E-state index contributed by atoms with van der Waals surface area (Å²) in [6.07, 6.45) is 3.19. The minimum absolute atomic E-state index is 0.0679. The van der Waals surface area contributed by atoms with Crippen LogP contribution < -0.4 is 5.32 Å². The quantitative estimate of drug-likeness (QED) is 0.775. The molecule has 2 aromatic rings. The van der Waals surface area contributed by atoms with E-state index in [4.69, 9.17) is 4.74 Å². The second kappa shape index (κ2) is 7.67. The highest BCUT2D eigenvalue weighted by Crippen LogP contribution is 2.32. The van der Waals surface area contributed by atoms with Gasteiger partial charge in [-0.05, 0) is 61.8 Å². The summed E-state index contributed by atoms with van der Waals surface area (Å²) in [5.41, 5.74) is 2.98. The Morgan fingerprint density at radius 3 is 2.86 bits per heavy atom. The number of hydrogen-bond acceptors (Lipinski definition) is 4. The Morgan fingerprint density at radius 1 is 1.43 bits per heavy atom. The fourth-order valence-corrected chi connectivity index (χ4v) is 3.56. The van der Waals surface area contributed by atoms with E-state index in [1.54, 1.807) is 13.0 Å². The van der Waals surface area contributed by atoms with Crippen LogP contribution >= 0.6 is 0 Å². The van der Waals surface area contributed by atoms with Crippen molar-refractivity contribution in [1.29, 1.82) is 5.26 Å².